The maximum absolute atomic E-state index is 12.6. The molecule has 0 saturated heterocycles. The van der Waals surface area contributed by atoms with Gasteiger partial charge in [-0.25, -0.2) is 15.0 Å². The fourth-order valence-electron chi connectivity index (χ4n) is 1.82. The average molecular weight is 501 g/mol. The van der Waals surface area contributed by atoms with Gasteiger partial charge in [-0.15, -0.1) is 35.3 Å². The summed E-state index contributed by atoms with van der Waals surface area (Å²) in [4.78, 5) is 12.0. The molecule has 0 aromatic carbocycles. The standard InChI is InChI=1S/C15H18F3N5OS.HI/c1-3-19-14(21-7-10-4-5-12(24-2)20-6-10)22-8-13-23-11(9-25-13)15(16,17)18;/h4-6,9H,3,7-8H2,1-2H3,(H2,19,21,22);1H. The van der Waals surface area contributed by atoms with Crippen LogP contribution < -0.4 is 15.4 Å². The van der Waals surface area contributed by atoms with Gasteiger partial charge >= 0.3 is 6.18 Å². The van der Waals surface area contributed by atoms with E-state index in [1.54, 1.807) is 12.3 Å². The topological polar surface area (TPSA) is 71.4 Å². The average Bonchev–Trinajstić information content (AvgIpc) is 3.07. The van der Waals surface area contributed by atoms with Crippen LogP contribution >= 0.6 is 35.3 Å². The Kier molecular flexibility index (Phi) is 9.05. The predicted molar refractivity (Wildman–Crippen MR) is 105 cm³/mol. The van der Waals surface area contributed by atoms with E-state index in [2.05, 4.69) is 25.6 Å². The van der Waals surface area contributed by atoms with Crippen LogP contribution in [0.2, 0.25) is 0 Å². The molecule has 0 fully saturated rings. The monoisotopic (exact) mass is 501 g/mol. The first-order chi connectivity index (χ1) is 11.9. The molecule has 0 bridgehead atoms. The first-order valence-corrected chi connectivity index (χ1v) is 8.33. The third-order valence-electron chi connectivity index (χ3n) is 3.02. The van der Waals surface area contributed by atoms with Gasteiger partial charge in [0.2, 0.25) is 5.88 Å². The van der Waals surface area contributed by atoms with Crippen molar-refractivity contribution < 1.29 is 17.9 Å². The van der Waals surface area contributed by atoms with Gasteiger partial charge in [0.1, 0.15) is 5.01 Å². The zero-order valence-electron chi connectivity index (χ0n) is 14.1. The van der Waals surface area contributed by atoms with Crippen LogP contribution in [0.15, 0.2) is 28.7 Å². The predicted octanol–water partition coefficient (Wildman–Crippen LogP) is 3.44. The number of thiazole rings is 1. The Labute approximate surface area is 170 Å². The number of guanidine groups is 1. The second-order valence-electron chi connectivity index (χ2n) is 4.88. The molecule has 11 heteroatoms. The summed E-state index contributed by atoms with van der Waals surface area (Å²) in [5.41, 5.74) is 0.00663. The molecule has 0 aliphatic heterocycles. The van der Waals surface area contributed by atoms with E-state index in [9.17, 15) is 13.2 Å². The molecule has 0 saturated carbocycles. The molecule has 2 aromatic rings. The molecule has 26 heavy (non-hydrogen) atoms. The van der Waals surface area contributed by atoms with Crippen LogP contribution in [-0.2, 0) is 19.3 Å². The van der Waals surface area contributed by atoms with Gasteiger partial charge in [0.05, 0.1) is 20.2 Å². The summed E-state index contributed by atoms with van der Waals surface area (Å²) in [6, 6.07) is 3.58. The van der Waals surface area contributed by atoms with Crippen molar-refractivity contribution >= 4 is 41.3 Å². The zero-order chi connectivity index (χ0) is 18.3. The number of hydrogen-bond acceptors (Lipinski definition) is 5. The number of halogens is 4. The smallest absolute Gasteiger partial charge is 0.434 e. The van der Waals surface area contributed by atoms with Crippen molar-refractivity contribution in [1.82, 2.24) is 20.6 Å². The summed E-state index contributed by atoms with van der Waals surface area (Å²) in [5.74, 6) is 1.00. The minimum Gasteiger partial charge on any atom is -0.481 e. The molecule has 0 atom stereocenters. The van der Waals surface area contributed by atoms with Crippen LogP contribution in [-0.4, -0.2) is 29.6 Å². The third-order valence-corrected chi connectivity index (χ3v) is 3.87. The largest absolute Gasteiger partial charge is 0.481 e. The second-order valence-corrected chi connectivity index (χ2v) is 5.82. The van der Waals surface area contributed by atoms with Crippen LogP contribution in [0.25, 0.3) is 0 Å². The third kappa shape index (κ3) is 6.94. The van der Waals surface area contributed by atoms with Crippen molar-refractivity contribution in [3.05, 3.63) is 40.0 Å². The fraction of sp³-hybridized carbons (Fsp3) is 0.400. The summed E-state index contributed by atoms with van der Waals surface area (Å²) >= 11 is 0.955. The van der Waals surface area contributed by atoms with Crippen molar-refractivity contribution in [3.63, 3.8) is 0 Å². The van der Waals surface area contributed by atoms with Crippen molar-refractivity contribution in [3.8, 4) is 5.88 Å². The lowest BCUT2D eigenvalue weighted by molar-refractivity contribution is -0.140. The van der Waals surface area contributed by atoms with Crippen LogP contribution in [0, 0.1) is 0 Å². The Morgan fingerprint density at radius 3 is 2.62 bits per heavy atom. The fourth-order valence-corrected chi connectivity index (χ4v) is 2.56. The van der Waals surface area contributed by atoms with Crippen LogP contribution in [0.4, 0.5) is 13.2 Å². The van der Waals surface area contributed by atoms with E-state index in [1.165, 1.54) is 7.11 Å². The Bertz CT molecular complexity index is 706. The summed E-state index contributed by atoms with van der Waals surface area (Å²) in [5, 5.41) is 7.34. The highest BCUT2D eigenvalue weighted by Gasteiger charge is 2.33. The number of nitrogens with zero attached hydrogens (tertiary/aromatic N) is 3. The Morgan fingerprint density at radius 1 is 1.31 bits per heavy atom. The number of aliphatic imine (C=N–C) groups is 1. The van der Waals surface area contributed by atoms with E-state index in [-0.39, 0.29) is 30.5 Å². The molecular weight excluding hydrogens is 482 g/mol. The lowest BCUT2D eigenvalue weighted by Gasteiger charge is -2.10. The van der Waals surface area contributed by atoms with Crippen molar-refractivity contribution in [2.24, 2.45) is 4.99 Å². The van der Waals surface area contributed by atoms with E-state index in [1.807, 2.05) is 13.0 Å². The molecule has 0 aliphatic rings. The van der Waals surface area contributed by atoms with E-state index >= 15 is 0 Å². The number of methoxy groups -OCH3 is 1. The molecule has 6 nitrogen and oxygen atoms in total. The maximum Gasteiger partial charge on any atom is 0.434 e. The quantitative estimate of drug-likeness (QED) is 0.361. The van der Waals surface area contributed by atoms with Crippen molar-refractivity contribution in [2.45, 2.75) is 26.2 Å². The van der Waals surface area contributed by atoms with Crippen LogP contribution in [0.5, 0.6) is 5.88 Å². The number of ether oxygens (including phenoxy) is 1. The molecule has 2 heterocycles. The van der Waals surface area contributed by atoms with Gasteiger partial charge < -0.3 is 15.4 Å². The number of hydrogen-bond donors (Lipinski definition) is 2. The highest BCUT2D eigenvalue weighted by molar-refractivity contribution is 14.0. The van der Waals surface area contributed by atoms with E-state index < -0.39 is 11.9 Å². The highest BCUT2D eigenvalue weighted by atomic mass is 127. The van der Waals surface area contributed by atoms with Gasteiger partial charge in [-0.1, -0.05) is 6.07 Å². The summed E-state index contributed by atoms with van der Waals surface area (Å²) in [6.45, 7) is 3.06. The summed E-state index contributed by atoms with van der Waals surface area (Å²) < 4.78 is 42.7. The summed E-state index contributed by atoms with van der Waals surface area (Å²) in [6.07, 6.45) is -2.77. The molecule has 144 valence electrons. The SMILES string of the molecule is CCNC(=NCc1ccc(OC)nc1)NCc1nc(C(F)(F)F)cs1.I. The van der Waals surface area contributed by atoms with Gasteiger partial charge in [-0.05, 0) is 12.5 Å². The van der Waals surface area contributed by atoms with Gasteiger partial charge in [0.25, 0.3) is 0 Å². The lowest BCUT2D eigenvalue weighted by atomic mass is 10.3. The van der Waals surface area contributed by atoms with Gasteiger partial charge in [-0.3, -0.25) is 0 Å². The Hall–Kier alpha value is -1.63. The maximum atomic E-state index is 12.6. The van der Waals surface area contributed by atoms with E-state index in [4.69, 9.17) is 4.74 Å². The molecule has 2 N–H and O–H groups in total. The van der Waals surface area contributed by atoms with E-state index in [0.29, 0.717) is 29.9 Å². The van der Waals surface area contributed by atoms with Gasteiger partial charge in [0.15, 0.2) is 11.7 Å². The number of rotatable bonds is 6. The summed E-state index contributed by atoms with van der Waals surface area (Å²) in [7, 11) is 1.54. The highest BCUT2D eigenvalue weighted by Crippen LogP contribution is 2.29. The molecule has 2 rings (SSSR count). The molecule has 0 amide bonds. The van der Waals surface area contributed by atoms with Crippen molar-refractivity contribution in [2.75, 3.05) is 13.7 Å². The minimum atomic E-state index is -4.42. The van der Waals surface area contributed by atoms with Crippen LogP contribution in [0.1, 0.15) is 23.2 Å². The Morgan fingerprint density at radius 2 is 2.08 bits per heavy atom. The molecule has 0 unspecified atom stereocenters. The molecule has 0 radical (unpaired) electrons. The number of aromatic nitrogens is 2. The molecule has 2 aromatic heterocycles. The first kappa shape index (κ1) is 22.4. The zero-order valence-corrected chi connectivity index (χ0v) is 17.3. The number of pyridine rings is 1. The lowest BCUT2D eigenvalue weighted by Crippen LogP contribution is -2.36. The molecule has 0 aliphatic carbocycles. The molecular formula is C15H19F3IN5OS. The first-order valence-electron chi connectivity index (χ1n) is 7.45. The minimum absolute atomic E-state index is 0. The number of nitrogens with one attached hydrogen (secondary N) is 2. The van der Waals surface area contributed by atoms with Crippen LogP contribution in [0.3, 0.4) is 0 Å². The normalized spacial score (nSPS) is 11.7. The van der Waals surface area contributed by atoms with Gasteiger partial charge in [-0.2, -0.15) is 13.2 Å². The van der Waals surface area contributed by atoms with E-state index in [0.717, 1.165) is 22.3 Å². The molecule has 0 spiro atoms. The second kappa shape index (κ2) is 10.5. The van der Waals surface area contributed by atoms with Crippen molar-refractivity contribution in [1.29, 1.82) is 0 Å². The Balaban J connectivity index is 0.00000338. The van der Waals surface area contributed by atoms with Gasteiger partial charge in [0, 0.05) is 24.2 Å². The number of alkyl halides is 3.